The summed E-state index contributed by atoms with van der Waals surface area (Å²) in [6, 6.07) is 18.4. The van der Waals surface area contributed by atoms with Crippen molar-refractivity contribution in [2.75, 3.05) is 28.0 Å². The molecule has 0 bridgehead atoms. The van der Waals surface area contributed by atoms with Crippen LogP contribution in [-0.4, -0.2) is 27.4 Å². The Hall–Kier alpha value is -3.39. The second-order valence-electron chi connectivity index (χ2n) is 7.69. The fourth-order valence-electron chi connectivity index (χ4n) is 3.63. The Balaban J connectivity index is 1.39. The standard InChI is InChI=1S/C24H24FN3O3S/c25-19-6-8-21(9-7-19)27-32(30,31)23-14-10-20(11-15-23)26-24(29)18-4-12-22(13-5-18)28-16-2-1-3-17-28/h4-15,27H,1-3,16-17H2,(H,26,29). The molecule has 2 N–H and O–H groups in total. The van der Waals surface area contributed by atoms with Crippen molar-refractivity contribution >= 4 is 33.0 Å². The van der Waals surface area contributed by atoms with Gasteiger partial charge in [0.2, 0.25) is 0 Å². The van der Waals surface area contributed by atoms with E-state index in [9.17, 15) is 17.6 Å². The van der Waals surface area contributed by atoms with Gasteiger partial charge in [-0.3, -0.25) is 9.52 Å². The molecule has 0 aromatic heterocycles. The molecule has 6 nitrogen and oxygen atoms in total. The number of sulfonamides is 1. The molecule has 4 rings (SSSR count). The summed E-state index contributed by atoms with van der Waals surface area (Å²) < 4.78 is 40.4. The molecule has 1 saturated heterocycles. The van der Waals surface area contributed by atoms with E-state index in [0.717, 1.165) is 18.8 Å². The summed E-state index contributed by atoms with van der Waals surface area (Å²) in [4.78, 5) is 14.9. The molecule has 0 aliphatic carbocycles. The maximum atomic E-state index is 13.0. The minimum Gasteiger partial charge on any atom is -0.372 e. The monoisotopic (exact) mass is 453 g/mol. The van der Waals surface area contributed by atoms with E-state index < -0.39 is 15.8 Å². The number of anilines is 3. The average molecular weight is 454 g/mol. The summed E-state index contributed by atoms with van der Waals surface area (Å²) in [6.07, 6.45) is 3.64. The highest BCUT2D eigenvalue weighted by Crippen LogP contribution is 2.22. The molecule has 1 aliphatic rings. The number of piperidine rings is 1. The van der Waals surface area contributed by atoms with Gasteiger partial charge in [0.1, 0.15) is 5.82 Å². The zero-order valence-corrected chi connectivity index (χ0v) is 18.2. The Morgan fingerprint density at radius 3 is 2.00 bits per heavy atom. The molecule has 3 aromatic rings. The maximum Gasteiger partial charge on any atom is 0.261 e. The molecule has 3 aromatic carbocycles. The first-order valence-corrected chi connectivity index (χ1v) is 11.9. The van der Waals surface area contributed by atoms with E-state index in [-0.39, 0.29) is 16.5 Å². The van der Waals surface area contributed by atoms with Crippen LogP contribution in [0, 0.1) is 5.82 Å². The lowest BCUT2D eigenvalue weighted by molar-refractivity contribution is 0.102. The Morgan fingerprint density at radius 1 is 0.781 bits per heavy atom. The second-order valence-corrected chi connectivity index (χ2v) is 9.37. The molecule has 32 heavy (non-hydrogen) atoms. The summed E-state index contributed by atoms with van der Waals surface area (Å²) in [5.74, 6) is -0.718. The summed E-state index contributed by atoms with van der Waals surface area (Å²) in [5, 5.41) is 2.78. The molecule has 166 valence electrons. The topological polar surface area (TPSA) is 78.5 Å². The zero-order valence-electron chi connectivity index (χ0n) is 17.4. The zero-order chi connectivity index (χ0) is 22.6. The van der Waals surface area contributed by atoms with Crippen LogP contribution in [0.1, 0.15) is 29.6 Å². The smallest absolute Gasteiger partial charge is 0.261 e. The van der Waals surface area contributed by atoms with Crippen LogP contribution in [0.4, 0.5) is 21.5 Å². The number of amides is 1. The van der Waals surface area contributed by atoms with Crippen molar-refractivity contribution in [2.24, 2.45) is 0 Å². The van der Waals surface area contributed by atoms with Gasteiger partial charge in [-0.15, -0.1) is 0 Å². The van der Waals surface area contributed by atoms with Crippen LogP contribution in [0.2, 0.25) is 0 Å². The van der Waals surface area contributed by atoms with Gasteiger partial charge in [-0.1, -0.05) is 0 Å². The predicted octanol–water partition coefficient (Wildman–Crippen LogP) is 4.87. The first-order valence-electron chi connectivity index (χ1n) is 10.5. The summed E-state index contributed by atoms with van der Waals surface area (Å²) in [6.45, 7) is 2.08. The quantitative estimate of drug-likeness (QED) is 0.558. The van der Waals surface area contributed by atoms with Gasteiger partial charge >= 0.3 is 0 Å². The average Bonchev–Trinajstić information content (AvgIpc) is 2.81. The number of benzene rings is 3. The fraction of sp³-hybridized carbons (Fsp3) is 0.208. The first kappa shape index (κ1) is 21.8. The molecular weight excluding hydrogens is 429 g/mol. The third-order valence-electron chi connectivity index (χ3n) is 5.37. The van der Waals surface area contributed by atoms with E-state index in [0.29, 0.717) is 11.3 Å². The number of rotatable bonds is 6. The Labute approximate surface area is 187 Å². The van der Waals surface area contributed by atoms with Gasteiger partial charge in [0.05, 0.1) is 4.90 Å². The number of nitrogens with zero attached hydrogens (tertiary/aromatic N) is 1. The van der Waals surface area contributed by atoms with Gasteiger partial charge in [-0.2, -0.15) is 0 Å². The normalized spacial score (nSPS) is 14.1. The number of hydrogen-bond donors (Lipinski definition) is 2. The van der Waals surface area contributed by atoms with E-state index >= 15 is 0 Å². The molecule has 1 aliphatic heterocycles. The van der Waals surface area contributed by atoms with Crippen molar-refractivity contribution in [3.8, 4) is 0 Å². The largest absolute Gasteiger partial charge is 0.372 e. The van der Waals surface area contributed by atoms with Crippen molar-refractivity contribution in [3.05, 3.63) is 84.2 Å². The number of hydrogen-bond acceptors (Lipinski definition) is 4. The van der Waals surface area contributed by atoms with Crippen LogP contribution in [-0.2, 0) is 10.0 Å². The Kier molecular flexibility index (Phi) is 6.41. The van der Waals surface area contributed by atoms with Gasteiger partial charge in [0, 0.05) is 35.7 Å². The highest BCUT2D eigenvalue weighted by atomic mass is 32.2. The van der Waals surface area contributed by atoms with Crippen LogP contribution < -0.4 is 14.9 Å². The molecule has 0 radical (unpaired) electrons. The molecule has 1 amide bonds. The third-order valence-corrected chi connectivity index (χ3v) is 6.77. The van der Waals surface area contributed by atoms with Gasteiger partial charge in [-0.05, 0) is 92.1 Å². The lowest BCUT2D eigenvalue weighted by atomic mass is 10.1. The molecule has 8 heteroatoms. The number of nitrogens with one attached hydrogen (secondary N) is 2. The molecule has 0 atom stereocenters. The number of carbonyl (C=O) groups is 1. The van der Waals surface area contributed by atoms with Gasteiger partial charge in [-0.25, -0.2) is 12.8 Å². The molecule has 1 heterocycles. The minimum absolute atomic E-state index is 0.0331. The summed E-state index contributed by atoms with van der Waals surface area (Å²) in [5.41, 5.74) is 2.39. The van der Waals surface area contributed by atoms with Crippen LogP contribution in [0.15, 0.2) is 77.7 Å². The lowest BCUT2D eigenvalue weighted by Crippen LogP contribution is -2.29. The van der Waals surface area contributed by atoms with Crippen LogP contribution >= 0.6 is 0 Å². The molecule has 0 saturated carbocycles. The minimum atomic E-state index is -3.83. The van der Waals surface area contributed by atoms with Crippen molar-refractivity contribution < 1.29 is 17.6 Å². The van der Waals surface area contributed by atoms with Gasteiger partial charge < -0.3 is 10.2 Å². The van der Waals surface area contributed by atoms with E-state index in [1.54, 1.807) is 12.1 Å². The summed E-state index contributed by atoms with van der Waals surface area (Å²) in [7, 11) is -3.83. The van der Waals surface area contributed by atoms with Crippen LogP contribution in [0.3, 0.4) is 0 Å². The van der Waals surface area contributed by atoms with Crippen LogP contribution in [0.5, 0.6) is 0 Å². The third kappa shape index (κ3) is 5.26. The number of carbonyl (C=O) groups excluding carboxylic acids is 1. The predicted molar refractivity (Wildman–Crippen MR) is 124 cm³/mol. The molecule has 0 unspecified atom stereocenters. The van der Waals surface area contributed by atoms with Gasteiger partial charge in [0.15, 0.2) is 0 Å². The first-order chi connectivity index (χ1) is 15.4. The molecule has 1 fully saturated rings. The second kappa shape index (κ2) is 9.40. The lowest BCUT2D eigenvalue weighted by Gasteiger charge is -2.28. The van der Waals surface area contributed by atoms with Crippen LogP contribution in [0.25, 0.3) is 0 Å². The number of halogens is 1. The van der Waals surface area contributed by atoms with Crippen molar-refractivity contribution in [2.45, 2.75) is 24.2 Å². The summed E-state index contributed by atoms with van der Waals surface area (Å²) >= 11 is 0. The van der Waals surface area contributed by atoms with E-state index in [4.69, 9.17) is 0 Å². The maximum absolute atomic E-state index is 13.0. The fourth-order valence-corrected chi connectivity index (χ4v) is 4.69. The van der Waals surface area contributed by atoms with E-state index in [1.165, 1.54) is 67.8 Å². The van der Waals surface area contributed by atoms with Crippen molar-refractivity contribution in [3.63, 3.8) is 0 Å². The molecular formula is C24H24FN3O3S. The van der Waals surface area contributed by atoms with E-state index in [2.05, 4.69) is 14.9 Å². The Morgan fingerprint density at radius 2 is 1.38 bits per heavy atom. The van der Waals surface area contributed by atoms with E-state index in [1.807, 2.05) is 12.1 Å². The van der Waals surface area contributed by atoms with Crippen molar-refractivity contribution in [1.29, 1.82) is 0 Å². The van der Waals surface area contributed by atoms with Gasteiger partial charge in [0.25, 0.3) is 15.9 Å². The highest BCUT2D eigenvalue weighted by Gasteiger charge is 2.15. The van der Waals surface area contributed by atoms with Crippen molar-refractivity contribution in [1.82, 2.24) is 0 Å². The SMILES string of the molecule is O=C(Nc1ccc(S(=O)(=O)Nc2ccc(F)cc2)cc1)c1ccc(N2CCCCC2)cc1. The highest BCUT2D eigenvalue weighted by molar-refractivity contribution is 7.92. The Bertz CT molecular complexity index is 1170. The molecule has 0 spiro atoms.